The predicted molar refractivity (Wildman–Crippen MR) is 52.5 cm³/mol. The molecule has 11 heavy (non-hydrogen) atoms. The summed E-state index contributed by atoms with van der Waals surface area (Å²) in [5.74, 6) is 0. The molecule has 0 saturated carbocycles. The van der Waals surface area contributed by atoms with E-state index >= 15 is 0 Å². The van der Waals surface area contributed by atoms with Gasteiger partial charge in [0.05, 0.1) is 0 Å². The largest absolute Gasteiger partial charge is 0.143 e. The number of rotatable bonds is 2. The van der Waals surface area contributed by atoms with E-state index in [1.165, 1.54) is 11.1 Å². The van der Waals surface area contributed by atoms with Gasteiger partial charge in [0.1, 0.15) is 0 Å². The molecule has 0 aliphatic carbocycles. The van der Waals surface area contributed by atoms with E-state index in [1.54, 1.807) is 0 Å². The summed E-state index contributed by atoms with van der Waals surface area (Å²) >= 11 is 4.29. The summed E-state index contributed by atoms with van der Waals surface area (Å²) < 4.78 is 0. The minimum atomic E-state index is 1.07. The highest BCUT2D eigenvalue weighted by Gasteiger charge is 1.97. The number of hydrogen-bond donors (Lipinski definition) is 1. The van der Waals surface area contributed by atoms with Crippen LogP contribution in [0, 0.1) is 0 Å². The monoisotopic (exact) mass is 166 g/mol. The molecule has 1 rings (SSSR count). The summed E-state index contributed by atoms with van der Waals surface area (Å²) in [7, 11) is 0. The summed E-state index contributed by atoms with van der Waals surface area (Å²) in [5.41, 5.74) is 2.88. The van der Waals surface area contributed by atoms with Crippen molar-refractivity contribution in [2.45, 2.75) is 31.6 Å². The molecule has 0 aliphatic heterocycles. The number of thiol groups is 1. The van der Waals surface area contributed by atoms with Crippen LogP contribution < -0.4 is 0 Å². The lowest BCUT2D eigenvalue weighted by Gasteiger charge is -2.05. The Hall–Kier alpha value is -0.430. The summed E-state index contributed by atoms with van der Waals surface area (Å²) in [6.07, 6.45) is 2.23. The van der Waals surface area contributed by atoms with E-state index in [0.717, 1.165) is 17.7 Å². The number of aryl methyl sites for hydroxylation is 2. The molecular formula is C10H14S. The molecule has 60 valence electrons. The van der Waals surface area contributed by atoms with Gasteiger partial charge in [-0.25, -0.2) is 0 Å². The summed E-state index contributed by atoms with van der Waals surface area (Å²) in [5, 5.41) is 0. The lowest BCUT2D eigenvalue weighted by molar-refractivity contribution is 1.03. The van der Waals surface area contributed by atoms with E-state index in [0.29, 0.717) is 0 Å². The fourth-order valence-corrected chi connectivity index (χ4v) is 1.52. The first-order chi connectivity index (χ1) is 5.27. The Balaban J connectivity index is 3.06. The van der Waals surface area contributed by atoms with Crippen LogP contribution in [0.5, 0.6) is 0 Å². The third-order valence-electron chi connectivity index (χ3n) is 1.95. The van der Waals surface area contributed by atoms with Crippen LogP contribution in [0.4, 0.5) is 0 Å². The molecule has 1 aromatic rings. The maximum atomic E-state index is 4.29. The van der Waals surface area contributed by atoms with Gasteiger partial charge in [-0.05, 0) is 36.1 Å². The third kappa shape index (κ3) is 2.00. The fourth-order valence-electron chi connectivity index (χ4n) is 1.29. The highest BCUT2D eigenvalue weighted by atomic mass is 32.1. The van der Waals surface area contributed by atoms with Crippen molar-refractivity contribution in [1.82, 2.24) is 0 Å². The van der Waals surface area contributed by atoms with Gasteiger partial charge in [0.15, 0.2) is 0 Å². The van der Waals surface area contributed by atoms with Crippen LogP contribution in [0.25, 0.3) is 0 Å². The molecule has 0 spiro atoms. The zero-order chi connectivity index (χ0) is 8.27. The number of hydrogen-bond acceptors (Lipinski definition) is 1. The first kappa shape index (κ1) is 8.66. The Morgan fingerprint density at radius 1 is 1.09 bits per heavy atom. The SMILES string of the molecule is CCc1ccc(S)cc1CC. The zero-order valence-corrected chi connectivity index (χ0v) is 7.99. The van der Waals surface area contributed by atoms with Crippen molar-refractivity contribution in [1.29, 1.82) is 0 Å². The Morgan fingerprint density at radius 3 is 2.27 bits per heavy atom. The highest BCUT2D eigenvalue weighted by molar-refractivity contribution is 7.80. The molecule has 1 heteroatoms. The van der Waals surface area contributed by atoms with Crippen LogP contribution in [0.2, 0.25) is 0 Å². The summed E-state index contributed by atoms with van der Waals surface area (Å²) in [6, 6.07) is 6.38. The average Bonchev–Trinajstić information content (AvgIpc) is 2.04. The van der Waals surface area contributed by atoms with Gasteiger partial charge in [0.25, 0.3) is 0 Å². The molecule has 0 N–H and O–H groups in total. The van der Waals surface area contributed by atoms with Gasteiger partial charge in [-0.15, -0.1) is 12.6 Å². The van der Waals surface area contributed by atoms with Crippen LogP contribution in [0.1, 0.15) is 25.0 Å². The number of benzene rings is 1. The summed E-state index contributed by atoms with van der Waals surface area (Å²) in [6.45, 7) is 4.37. The second-order valence-corrected chi connectivity index (χ2v) is 3.18. The first-order valence-corrected chi connectivity index (χ1v) is 4.53. The Morgan fingerprint density at radius 2 is 1.73 bits per heavy atom. The van der Waals surface area contributed by atoms with Crippen LogP contribution in [0.15, 0.2) is 23.1 Å². The quantitative estimate of drug-likeness (QED) is 0.641. The molecule has 1 aromatic carbocycles. The van der Waals surface area contributed by atoms with Crippen molar-refractivity contribution in [3.63, 3.8) is 0 Å². The van der Waals surface area contributed by atoms with E-state index in [4.69, 9.17) is 0 Å². The normalized spacial score (nSPS) is 10.1. The lowest BCUT2D eigenvalue weighted by atomic mass is 10.0. The molecule has 0 saturated heterocycles. The highest BCUT2D eigenvalue weighted by Crippen LogP contribution is 2.15. The first-order valence-electron chi connectivity index (χ1n) is 4.08. The van der Waals surface area contributed by atoms with E-state index in [9.17, 15) is 0 Å². The van der Waals surface area contributed by atoms with E-state index in [-0.39, 0.29) is 0 Å². The van der Waals surface area contributed by atoms with E-state index < -0.39 is 0 Å². The second-order valence-electron chi connectivity index (χ2n) is 2.66. The van der Waals surface area contributed by atoms with E-state index in [2.05, 4.69) is 44.7 Å². The van der Waals surface area contributed by atoms with Crippen molar-refractivity contribution in [3.8, 4) is 0 Å². The molecule has 0 fully saturated rings. The second kappa shape index (κ2) is 3.82. The predicted octanol–water partition coefficient (Wildman–Crippen LogP) is 3.10. The molecule has 0 aliphatic rings. The molecule has 0 unspecified atom stereocenters. The molecule has 0 amide bonds. The van der Waals surface area contributed by atoms with Gasteiger partial charge in [-0.1, -0.05) is 19.9 Å². The topological polar surface area (TPSA) is 0 Å². The average molecular weight is 166 g/mol. The van der Waals surface area contributed by atoms with Crippen LogP contribution >= 0.6 is 12.6 Å². The third-order valence-corrected chi connectivity index (χ3v) is 2.23. The van der Waals surface area contributed by atoms with Crippen LogP contribution in [-0.2, 0) is 12.8 Å². The Bertz CT molecular complexity index is 241. The molecule has 0 heterocycles. The Labute approximate surface area is 74.0 Å². The van der Waals surface area contributed by atoms with Gasteiger partial charge >= 0.3 is 0 Å². The van der Waals surface area contributed by atoms with Crippen molar-refractivity contribution in [3.05, 3.63) is 29.3 Å². The fraction of sp³-hybridized carbons (Fsp3) is 0.400. The van der Waals surface area contributed by atoms with Crippen molar-refractivity contribution >= 4 is 12.6 Å². The summed E-state index contributed by atoms with van der Waals surface area (Å²) in [4.78, 5) is 1.07. The van der Waals surface area contributed by atoms with Crippen molar-refractivity contribution in [2.24, 2.45) is 0 Å². The van der Waals surface area contributed by atoms with E-state index in [1.807, 2.05) is 0 Å². The maximum absolute atomic E-state index is 4.29. The zero-order valence-electron chi connectivity index (χ0n) is 7.09. The van der Waals surface area contributed by atoms with Crippen LogP contribution in [0.3, 0.4) is 0 Å². The lowest BCUT2D eigenvalue weighted by Crippen LogP contribution is -1.89. The standard InChI is InChI=1S/C10H14S/c1-3-8-5-6-10(11)7-9(8)4-2/h5-7,11H,3-4H2,1-2H3. The molecule has 0 nitrogen and oxygen atoms in total. The minimum absolute atomic E-state index is 1.07. The maximum Gasteiger partial charge on any atom is 0.00429 e. The van der Waals surface area contributed by atoms with Gasteiger partial charge in [0.2, 0.25) is 0 Å². The minimum Gasteiger partial charge on any atom is -0.143 e. The van der Waals surface area contributed by atoms with Crippen molar-refractivity contribution in [2.75, 3.05) is 0 Å². The van der Waals surface area contributed by atoms with Gasteiger partial charge in [-0.2, -0.15) is 0 Å². The molecule has 0 aromatic heterocycles. The molecule has 0 bridgehead atoms. The van der Waals surface area contributed by atoms with Gasteiger partial charge in [0, 0.05) is 4.90 Å². The molecule has 0 atom stereocenters. The molecular weight excluding hydrogens is 152 g/mol. The van der Waals surface area contributed by atoms with Gasteiger partial charge in [-0.3, -0.25) is 0 Å². The Kier molecular flexibility index (Phi) is 3.01. The molecule has 0 radical (unpaired) electrons. The van der Waals surface area contributed by atoms with Gasteiger partial charge < -0.3 is 0 Å². The van der Waals surface area contributed by atoms with Crippen molar-refractivity contribution < 1.29 is 0 Å². The van der Waals surface area contributed by atoms with Crippen LogP contribution in [-0.4, -0.2) is 0 Å². The smallest absolute Gasteiger partial charge is 0.00429 e.